The quantitative estimate of drug-likeness (QED) is 0.0615. The molecule has 0 spiro atoms. The number of amides is 2. The fraction of sp³-hybridized carbons (Fsp3) is 0.267. The van der Waals surface area contributed by atoms with Gasteiger partial charge in [-0.3, -0.25) is 9.59 Å². The standard InChI is InChI=1S/C45H47N5O5/c46-38-11-4-5-12-39(38)49-44(53)16-3-1-2-15-43(52)47-27-32-9-8-10-36(25-32)33-21-23-35(24-22-33)45-54-37(28-50-30-48-40-13-6-7-14-41(40)50)26-42(55-45)34-19-17-31(29-51)18-20-34/h4-14,17-25,30,37,42,45,51H,1-3,15-16,26-29,46H2,(H,47,52)(H,49,53)/t37-,42+,45+/m1/s1. The molecule has 282 valence electrons. The number of benzene rings is 5. The Morgan fingerprint density at radius 3 is 2.31 bits per heavy atom. The van der Waals surface area contributed by atoms with Crippen LogP contribution in [0.3, 0.4) is 0 Å². The van der Waals surface area contributed by atoms with E-state index in [0.717, 1.165) is 50.8 Å². The van der Waals surface area contributed by atoms with Crippen LogP contribution in [0.2, 0.25) is 0 Å². The van der Waals surface area contributed by atoms with E-state index in [-0.39, 0.29) is 30.6 Å². The maximum absolute atomic E-state index is 12.6. The van der Waals surface area contributed by atoms with Crippen molar-refractivity contribution in [2.45, 2.75) is 76.7 Å². The molecule has 7 rings (SSSR count). The van der Waals surface area contributed by atoms with Gasteiger partial charge in [0.25, 0.3) is 0 Å². The van der Waals surface area contributed by atoms with E-state index < -0.39 is 6.29 Å². The van der Waals surface area contributed by atoms with Gasteiger partial charge in [0.15, 0.2) is 6.29 Å². The fourth-order valence-corrected chi connectivity index (χ4v) is 6.96. The Morgan fingerprint density at radius 1 is 0.764 bits per heavy atom. The first-order chi connectivity index (χ1) is 26.9. The van der Waals surface area contributed by atoms with Gasteiger partial charge in [-0.15, -0.1) is 0 Å². The van der Waals surface area contributed by atoms with Gasteiger partial charge in [0.2, 0.25) is 11.8 Å². The number of nitrogens with zero attached hydrogens (tertiary/aromatic N) is 2. The van der Waals surface area contributed by atoms with Crippen LogP contribution < -0.4 is 16.4 Å². The highest BCUT2D eigenvalue weighted by atomic mass is 16.7. The number of para-hydroxylation sites is 4. The highest BCUT2D eigenvalue weighted by molar-refractivity contribution is 5.93. The SMILES string of the molecule is Nc1ccccc1NC(=O)CCCCCC(=O)NCc1cccc(-c2ccc([C@H]3O[C@@H](Cn4cnc5ccccc54)C[C@@H](c4ccc(CO)cc4)O3)cc2)c1. The molecule has 1 aliphatic rings. The summed E-state index contributed by atoms with van der Waals surface area (Å²) in [4.78, 5) is 29.4. The van der Waals surface area contributed by atoms with Crippen molar-refractivity contribution in [3.63, 3.8) is 0 Å². The molecule has 1 aliphatic heterocycles. The minimum atomic E-state index is -0.572. The second kappa shape index (κ2) is 18.0. The zero-order chi connectivity index (χ0) is 38.0. The van der Waals surface area contributed by atoms with E-state index in [1.165, 1.54) is 0 Å². The summed E-state index contributed by atoms with van der Waals surface area (Å²) in [6.45, 7) is 1.07. The number of hydrogen-bond donors (Lipinski definition) is 4. The first-order valence-corrected chi connectivity index (χ1v) is 18.9. The number of nitrogens with one attached hydrogen (secondary N) is 2. The lowest BCUT2D eigenvalue weighted by atomic mass is 9.99. The summed E-state index contributed by atoms with van der Waals surface area (Å²) < 4.78 is 15.3. The topological polar surface area (TPSA) is 141 Å². The van der Waals surface area contributed by atoms with Crippen molar-refractivity contribution < 1.29 is 24.2 Å². The van der Waals surface area contributed by atoms with Gasteiger partial charge in [0.05, 0.1) is 54.1 Å². The zero-order valence-electron chi connectivity index (χ0n) is 30.8. The van der Waals surface area contributed by atoms with Crippen LogP contribution in [-0.2, 0) is 38.8 Å². The summed E-state index contributed by atoms with van der Waals surface area (Å²) in [5.41, 5.74) is 15.0. The molecule has 3 atom stereocenters. The summed E-state index contributed by atoms with van der Waals surface area (Å²) in [5, 5.41) is 15.5. The number of carbonyl (C=O) groups is 2. The second-order valence-electron chi connectivity index (χ2n) is 14.0. The van der Waals surface area contributed by atoms with Crippen molar-refractivity contribution in [3.8, 4) is 11.1 Å². The molecule has 5 N–H and O–H groups in total. The molecule has 0 radical (unpaired) electrons. The molecule has 2 heterocycles. The van der Waals surface area contributed by atoms with Crippen LogP contribution in [0.4, 0.5) is 11.4 Å². The summed E-state index contributed by atoms with van der Waals surface area (Å²) in [5.74, 6) is -0.0854. The van der Waals surface area contributed by atoms with Crippen LogP contribution in [0.15, 0.2) is 128 Å². The molecule has 0 unspecified atom stereocenters. The molecular weight excluding hydrogens is 691 g/mol. The Labute approximate surface area is 321 Å². The number of carbonyl (C=O) groups excluding carboxylic acids is 2. The van der Waals surface area contributed by atoms with E-state index in [1.54, 1.807) is 12.1 Å². The van der Waals surface area contributed by atoms with Crippen molar-refractivity contribution in [3.05, 3.63) is 150 Å². The number of ether oxygens (including phenoxy) is 2. The molecule has 2 amide bonds. The van der Waals surface area contributed by atoms with Gasteiger partial charge in [-0.2, -0.15) is 0 Å². The van der Waals surface area contributed by atoms with Gasteiger partial charge in [-0.25, -0.2) is 4.98 Å². The van der Waals surface area contributed by atoms with E-state index in [9.17, 15) is 14.7 Å². The largest absolute Gasteiger partial charge is 0.397 e. The van der Waals surface area contributed by atoms with Crippen molar-refractivity contribution in [1.29, 1.82) is 0 Å². The molecule has 10 heteroatoms. The first-order valence-electron chi connectivity index (χ1n) is 18.9. The van der Waals surface area contributed by atoms with E-state index in [4.69, 9.17) is 15.2 Å². The highest BCUT2D eigenvalue weighted by Crippen LogP contribution is 2.39. The number of aliphatic hydroxyl groups is 1. The highest BCUT2D eigenvalue weighted by Gasteiger charge is 2.32. The second-order valence-corrected chi connectivity index (χ2v) is 14.0. The number of imidazole rings is 1. The lowest BCUT2D eigenvalue weighted by molar-refractivity contribution is -0.252. The Bertz CT molecular complexity index is 2200. The van der Waals surface area contributed by atoms with Crippen LogP contribution in [0.5, 0.6) is 0 Å². The number of fused-ring (bicyclic) bond motifs is 1. The summed E-state index contributed by atoms with van der Waals surface area (Å²) in [6, 6.07) is 39.6. The van der Waals surface area contributed by atoms with Gasteiger partial charge in [0.1, 0.15) is 0 Å². The van der Waals surface area contributed by atoms with E-state index in [2.05, 4.69) is 62.6 Å². The molecule has 0 aliphatic carbocycles. The number of nitrogen functional groups attached to an aromatic ring is 1. The van der Waals surface area contributed by atoms with Crippen molar-refractivity contribution in [2.75, 3.05) is 11.1 Å². The number of nitrogens with two attached hydrogens (primary N) is 1. The van der Waals surface area contributed by atoms with Crippen LogP contribution in [0.25, 0.3) is 22.2 Å². The lowest BCUT2D eigenvalue weighted by Gasteiger charge is -2.36. The van der Waals surface area contributed by atoms with Gasteiger partial charge in [0, 0.05) is 31.4 Å². The average Bonchev–Trinajstić information content (AvgIpc) is 3.63. The van der Waals surface area contributed by atoms with E-state index in [0.29, 0.717) is 56.6 Å². The predicted molar refractivity (Wildman–Crippen MR) is 214 cm³/mol. The smallest absolute Gasteiger partial charge is 0.224 e. The Balaban J connectivity index is 0.930. The number of aliphatic hydroxyl groups excluding tert-OH is 1. The van der Waals surface area contributed by atoms with Crippen LogP contribution in [0.1, 0.15) is 73.2 Å². The third-order valence-electron chi connectivity index (χ3n) is 10.0. The number of unbranched alkanes of at least 4 members (excludes halogenated alkanes) is 2. The van der Waals surface area contributed by atoms with Crippen molar-refractivity contribution in [1.82, 2.24) is 14.9 Å². The molecular formula is C45H47N5O5. The van der Waals surface area contributed by atoms with Gasteiger partial charge in [-0.05, 0) is 71.0 Å². The zero-order valence-corrected chi connectivity index (χ0v) is 30.8. The van der Waals surface area contributed by atoms with Crippen molar-refractivity contribution >= 4 is 34.2 Å². The summed E-state index contributed by atoms with van der Waals surface area (Å²) in [7, 11) is 0. The molecule has 0 saturated carbocycles. The van der Waals surface area contributed by atoms with Crippen LogP contribution in [-0.4, -0.2) is 32.6 Å². The predicted octanol–water partition coefficient (Wildman–Crippen LogP) is 8.23. The Hall–Kier alpha value is -5.81. The van der Waals surface area contributed by atoms with Crippen LogP contribution >= 0.6 is 0 Å². The Morgan fingerprint density at radius 2 is 1.51 bits per heavy atom. The van der Waals surface area contributed by atoms with Crippen LogP contribution in [0, 0.1) is 0 Å². The summed E-state index contributed by atoms with van der Waals surface area (Å²) in [6.07, 6.45) is 4.65. The van der Waals surface area contributed by atoms with E-state index >= 15 is 0 Å². The molecule has 0 bridgehead atoms. The molecule has 55 heavy (non-hydrogen) atoms. The third-order valence-corrected chi connectivity index (χ3v) is 10.0. The van der Waals surface area contributed by atoms with Crippen molar-refractivity contribution in [2.24, 2.45) is 0 Å². The third kappa shape index (κ3) is 9.85. The summed E-state index contributed by atoms with van der Waals surface area (Å²) >= 11 is 0. The normalized spacial score (nSPS) is 16.9. The molecule has 6 aromatic rings. The molecule has 1 aromatic heterocycles. The average molecular weight is 738 g/mol. The minimum Gasteiger partial charge on any atom is -0.397 e. The lowest BCUT2D eigenvalue weighted by Crippen LogP contribution is -2.32. The monoisotopic (exact) mass is 737 g/mol. The molecule has 1 fully saturated rings. The number of anilines is 2. The van der Waals surface area contributed by atoms with Gasteiger partial charge >= 0.3 is 0 Å². The number of hydrogen-bond acceptors (Lipinski definition) is 7. The maximum atomic E-state index is 12.6. The van der Waals surface area contributed by atoms with Gasteiger partial charge in [-0.1, -0.05) is 97.4 Å². The first kappa shape index (κ1) is 37.5. The maximum Gasteiger partial charge on any atom is 0.224 e. The molecule has 5 aromatic carbocycles. The Kier molecular flexibility index (Phi) is 12.3. The van der Waals surface area contributed by atoms with E-state index in [1.807, 2.05) is 73.1 Å². The molecule has 10 nitrogen and oxygen atoms in total. The van der Waals surface area contributed by atoms with Gasteiger partial charge < -0.3 is 35.5 Å². The molecule has 1 saturated heterocycles. The number of rotatable bonds is 15. The number of aromatic nitrogens is 2. The fourth-order valence-electron chi connectivity index (χ4n) is 6.96. The minimum absolute atomic E-state index is 0.00524.